The van der Waals surface area contributed by atoms with Crippen LogP contribution in [0.15, 0.2) is 47.0 Å². The summed E-state index contributed by atoms with van der Waals surface area (Å²) in [6, 6.07) is 10.9. The first-order valence-corrected chi connectivity index (χ1v) is 8.94. The molecule has 1 unspecified atom stereocenters. The first kappa shape index (κ1) is 19.1. The van der Waals surface area contributed by atoms with Crippen molar-refractivity contribution >= 4 is 5.91 Å². The Labute approximate surface area is 164 Å². The van der Waals surface area contributed by atoms with Crippen molar-refractivity contribution in [1.29, 1.82) is 0 Å². The van der Waals surface area contributed by atoms with Crippen LogP contribution in [0, 0.1) is 17.5 Å². The Morgan fingerprint density at radius 3 is 2.52 bits per heavy atom. The summed E-state index contributed by atoms with van der Waals surface area (Å²) >= 11 is 0. The maximum atomic E-state index is 13.4. The lowest BCUT2D eigenvalue weighted by Crippen LogP contribution is -2.43. The van der Waals surface area contributed by atoms with Crippen LogP contribution in [-0.4, -0.2) is 34.0 Å². The zero-order chi connectivity index (χ0) is 20.6. The van der Waals surface area contributed by atoms with Crippen molar-refractivity contribution in [2.45, 2.75) is 18.4 Å². The molecule has 0 saturated carbocycles. The molecule has 150 valence electrons. The van der Waals surface area contributed by atoms with Crippen LogP contribution in [0.4, 0.5) is 13.2 Å². The Kier molecular flexibility index (Phi) is 4.83. The number of aromatic nitrogens is 2. The number of likely N-dealkylation sites (tertiary alicyclic amines) is 1. The summed E-state index contributed by atoms with van der Waals surface area (Å²) in [7, 11) is 0. The van der Waals surface area contributed by atoms with E-state index in [2.05, 4.69) is 10.1 Å². The van der Waals surface area contributed by atoms with Crippen molar-refractivity contribution in [2.24, 2.45) is 5.73 Å². The van der Waals surface area contributed by atoms with Gasteiger partial charge in [0.1, 0.15) is 0 Å². The average molecular weight is 402 g/mol. The van der Waals surface area contributed by atoms with Crippen molar-refractivity contribution < 1.29 is 22.5 Å². The van der Waals surface area contributed by atoms with Gasteiger partial charge < -0.3 is 10.3 Å². The van der Waals surface area contributed by atoms with Gasteiger partial charge in [-0.05, 0) is 24.1 Å². The normalized spacial score (nSPS) is 19.6. The van der Waals surface area contributed by atoms with Crippen LogP contribution in [0.5, 0.6) is 0 Å². The van der Waals surface area contributed by atoms with E-state index in [4.69, 9.17) is 10.3 Å². The molecule has 4 rings (SSSR count). The second-order valence-corrected chi connectivity index (χ2v) is 7.04. The van der Waals surface area contributed by atoms with Crippen LogP contribution in [0.25, 0.3) is 11.4 Å². The van der Waals surface area contributed by atoms with Crippen molar-refractivity contribution in [3.8, 4) is 11.4 Å². The number of hydrogen-bond acceptors (Lipinski definition) is 5. The fraction of sp³-hybridized carbons (Fsp3) is 0.250. The maximum Gasteiger partial charge on any atom is 0.241 e. The van der Waals surface area contributed by atoms with Gasteiger partial charge in [-0.2, -0.15) is 4.98 Å². The highest BCUT2D eigenvalue weighted by Gasteiger charge is 2.44. The Bertz CT molecular complexity index is 1030. The van der Waals surface area contributed by atoms with E-state index in [1.165, 1.54) is 0 Å². The SMILES string of the molecule is NC(=O)C1(c2ccccc2)CCN(Cc2nc(-c3cc(F)c(F)c(F)c3)no2)C1. The molecule has 3 aromatic rings. The van der Waals surface area contributed by atoms with E-state index in [-0.39, 0.29) is 23.8 Å². The highest BCUT2D eigenvalue weighted by molar-refractivity contribution is 5.87. The van der Waals surface area contributed by atoms with E-state index in [0.29, 0.717) is 19.5 Å². The lowest BCUT2D eigenvalue weighted by Gasteiger charge is -2.26. The molecule has 1 aliphatic heterocycles. The molecule has 1 atom stereocenters. The number of nitrogens with zero attached hydrogens (tertiary/aromatic N) is 3. The number of halogens is 3. The summed E-state index contributed by atoms with van der Waals surface area (Å²) in [6.07, 6.45) is 0.543. The zero-order valence-corrected chi connectivity index (χ0v) is 15.2. The molecule has 1 fully saturated rings. The minimum atomic E-state index is -1.56. The van der Waals surface area contributed by atoms with Gasteiger partial charge in [0.15, 0.2) is 17.5 Å². The number of hydrogen-bond donors (Lipinski definition) is 1. The molecule has 1 aromatic heterocycles. The van der Waals surface area contributed by atoms with Crippen LogP contribution >= 0.6 is 0 Å². The Morgan fingerprint density at radius 2 is 1.86 bits per heavy atom. The summed E-state index contributed by atoms with van der Waals surface area (Å²) < 4.78 is 45.1. The molecule has 0 spiro atoms. The topological polar surface area (TPSA) is 85.3 Å². The Morgan fingerprint density at radius 1 is 1.17 bits per heavy atom. The molecule has 2 aromatic carbocycles. The zero-order valence-electron chi connectivity index (χ0n) is 15.2. The van der Waals surface area contributed by atoms with Crippen molar-refractivity contribution in [3.63, 3.8) is 0 Å². The summed E-state index contributed by atoms with van der Waals surface area (Å²) in [6.45, 7) is 1.19. The number of primary amides is 1. The molecular weight excluding hydrogens is 385 g/mol. The standard InChI is InChI=1S/C20H17F3N4O2/c21-14-8-12(9-15(22)17(14)23)18-25-16(29-26-18)10-27-7-6-20(11-27,19(24)28)13-4-2-1-3-5-13/h1-5,8-9H,6-7,10-11H2,(H2,24,28). The van der Waals surface area contributed by atoms with Gasteiger partial charge in [-0.15, -0.1) is 0 Å². The minimum Gasteiger partial charge on any atom is -0.369 e. The number of benzene rings is 2. The van der Waals surface area contributed by atoms with Crippen molar-refractivity contribution in [2.75, 3.05) is 13.1 Å². The quantitative estimate of drug-likeness (QED) is 0.664. The van der Waals surface area contributed by atoms with Crippen LogP contribution in [-0.2, 0) is 16.8 Å². The van der Waals surface area contributed by atoms with Gasteiger partial charge in [-0.1, -0.05) is 35.5 Å². The van der Waals surface area contributed by atoms with Crippen LogP contribution in [0.3, 0.4) is 0 Å². The van der Waals surface area contributed by atoms with Crippen molar-refractivity contribution in [1.82, 2.24) is 15.0 Å². The molecule has 29 heavy (non-hydrogen) atoms. The number of carbonyl (C=O) groups is 1. The third-order valence-electron chi connectivity index (χ3n) is 5.22. The third kappa shape index (κ3) is 3.49. The number of carbonyl (C=O) groups excluding carboxylic acids is 1. The largest absolute Gasteiger partial charge is 0.369 e. The lowest BCUT2D eigenvalue weighted by molar-refractivity contribution is -0.123. The first-order valence-electron chi connectivity index (χ1n) is 8.94. The average Bonchev–Trinajstić information content (AvgIpc) is 3.35. The molecule has 0 aliphatic carbocycles. The van der Waals surface area contributed by atoms with Gasteiger partial charge in [0.25, 0.3) is 0 Å². The monoisotopic (exact) mass is 402 g/mol. The van der Waals surface area contributed by atoms with Crippen LogP contribution in [0.1, 0.15) is 17.9 Å². The van der Waals surface area contributed by atoms with E-state index < -0.39 is 28.8 Å². The van der Waals surface area contributed by atoms with Gasteiger partial charge in [0.05, 0.1) is 12.0 Å². The molecule has 0 bridgehead atoms. The van der Waals surface area contributed by atoms with E-state index in [0.717, 1.165) is 17.7 Å². The highest BCUT2D eigenvalue weighted by atomic mass is 19.2. The third-order valence-corrected chi connectivity index (χ3v) is 5.22. The van der Waals surface area contributed by atoms with E-state index in [1.54, 1.807) is 0 Å². The minimum absolute atomic E-state index is 0.0337. The van der Waals surface area contributed by atoms with Gasteiger partial charge in [0.2, 0.25) is 17.6 Å². The summed E-state index contributed by atoms with van der Waals surface area (Å²) in [5.41, 5.74) is 5.72. The van der Waals surface area contributed by atoms with E-state index in [9.17, 15) is 18.0 Å². The van der Waals surface area contributed by atoms with Crippen LogP contribution in [0.2, 0.25) is 0 Å². The van der Waals surface area contributed by atoms with Gasteiger partial charge in [-0.25, -0.2) is 13.2 Å². The summed E-state index contributed by atoms with van der Waals surface area (Å²) in [5.74, 6) is -4.48. The fourth-order valence-electron chi connectivity index (χ4n) is 3.67. The Balaban J connectivity index is 1.52. The Hall–Kier alpha value is -3.20. The number of nitrogens with two attached hydrogens (primary N) is 1. The molecule has 2 N–H and O–H groups in total. The van der Waals surface area contributed by atoms with Gasteiger partial charge in [0, 0.05) is 18.7 Å². The fourth-order valence-corrected chi connectivity index (χ4v) is 3.67. The highest BCUT2D eigenvalue weighted by Crippen LogP contribution is 2.35. The summed E-state index contributed by atoms with van der Waals surface area (Å²) in [5, 5.41) is 3.71. The second-order valence-electron chi connectivity index (χ2n) is 7.04. The molecule has 9 heteroatoms. The van der Waals surface area contributed by atoms with Crippen molar-refractivity contribution in [3.05, 3.63) is 71.4 Å². The predicted octanol–water partition coefficient (Wildman–Crippen LogP) is 2.78. The molecule has 1 amide bonds. The van der Waals surface area contributed by atoms with Gasteiger partial charge >= 0.3 is 0 Å². The first-order chi connectivity index (χ1) is 13.9. The molecule has 1 aliphatic rings. The molecule has 6 nitrogen and oxygen atoms in total. The molecule has 2 heterocycles. The summed E-state index contributed by atoms with van der Waals surface area (Å²) in [4.78, 5) is 18.3. The smallest absolute Gasteiger partial charge is 0.241 e. The molecular formula is C20H17F3N4O2. The van der Waals surface area contributed by atoms with E-state index in [1.807, 2.05) is 35.2 Å². The second kappa shape index (κ2) is 7.32. The van der Waals surface area contributed by atoms with E-state index >= 15 is 0 Å². The lowest BCUT2D eigenvalue weighted by atomic mass is 9.79. The van der Waals surface area contributed by atoms with Crippen LogP contribution < -0.4 is 5.73 Å². The molecule has 1 saturated heterocycles. The van der Waals surface area contributed by atoms with Gasteiger partial charge in [-0.3, -0.25) is 9.69 Å². The maximum absolute atomic E-state index is 13.4. The number of amides is 1. The predicted molar refractivity (Wildman–Crippen MR) is 96.8 cm³/mol. The molecule has 0 radical (unpaired) electrons. The number of rotatable bonds is 5.